The molecule has 2 amide bonds. The summed E-state index contributed by atoms with van der Waals surface area (Å²) in [6.07, 6.45) is -4.49. The van der Waals surface area contributed by atoms with Crippen molar-refractivity contribution in [3.63, 3.8) is 0 Å². The van der Waals surface area contributed by atoms with Crippen LogP contribution >= 0.6 is 0 Å². The van der Waals surface area contributed by atoms with Gasteiger partial charge in [0.2, 0.25) is 11.8 Å². The molecule has 10 heteroatoms. The molecule has 0 unspecified atom stereocenters. The van der Waals surface area contributed by atoms with Gasteiger partial charge in [-0.15, -0.1) is 0 Å². The first kappa shape index (κ1) is 23.3. The molecule has 2 aromatic rings. The molecule has 170 valence electrons. The number of anilines is 1. The van der Waals surface area contributed by atoms with E-state index < -0.39 is 41.7 Å². The molecule has 1 heterocycles. The minimum atomic E-state index is -4.56. The molecule has 1 aliphatic rings. The van der Waals surface area contributed by atoms with Gasteiger partial charge in [-0.3, -0.25) is 19.3 Å². The molecule has 0 bridgehead atoms. The van der Waals surface area contributed by atoms with Crippen molar-refractivity contribution in [2.75, 3.05) is 11.9 Å². The van der Waals surface area contributed by atoms with Crippen LogP contribution < -0.4 is 10.6 Å². The third-order valence-electron chi connectivity index (χ3n) is 5.23. The number of benzene rings is 2. The first-order valence-electron chi connectivity index (χ1n) is 9.84. The zero-order valence-electron chi connectivity index (χ0n) is 17.1. The van der Waals surface area contributed by atoms with Crippen LogP contribution in [-0.4, -0.2) is 46.4 Å². The fourth-order valence-corrected chi connectivity index (χ4v) is 3.99. The van der Waals surface area contributed by atoms with Crippen molar-refractivity contribution in [2.24, 2.45) is 0 Å². The van der Waals surface area contributed by atoms with Gasteiger partial charge in [0.1, 0.15) is 6.04 Å². The number of alkyl halides is 3. The van der Waals surface area contributed by atoms with Crippen LogP contribution in [0.25, 0.3) is 0 Å². The normalized spacial score (nSPS) is 21.2. The third-order valence-corrected chi connectivity index (χ3v) is 5.23. The van der Waals surface area contributed by atoms with E-state index in [1.165, 1.54) is 24.0 Å². The van der Waals surface area contributed by atoms with Crippen molar-refractivity contribution < 1.29 is 32.7 Å². The van der Waals surface area contributed by atoms with E-state index in [4.69, 9.17) is 0 Å². The molecule has 0 aliphatic carbocycles. The Balaban J connectivity index is 1.86. The largest absolute Gasteiger partial charge is 0.480 e. The zero-order chi connectivity index (χ0) is 23.5. The molecular formula is C22H22F3N3O4. The lowest BCUT2D eigenvalue weighted by molar-refractivity contribution is -0.143. The highest BCUT2D eigenvalue weighted by atomic mass is 19.4. The summed E-state index contributed by atoms with van der Waals surface area (Å²) in [6.45, 7) is 0.934. The molecule has 3 N–H and O–H groups in total. The standard InChI is InChI=1S/C22H22F3N3O4/c1-13(29)26-17-11-18(21(31)32)28(20(17)14-6-3-2-4-7-14)12-19(30)27-16-9-5-8-15(10-16)22(23,24)25/h2-10,17-18,20H,11-12H2,1H3,(H,26,29)(H,27,30)(H,31,32)/t17-,18-,20-/m0/s1. The van der Waals surface area contributed by atoms with Gasteiger partial charge in [-0.25, -0.2) is 0 Å². The van der Waals surface area contributed by atoms with Gasteiger partial charge in [0.05, 0.1) is 24.2 Å². The van der Waals surface area contributed by atoms with Gasteiger partial charge < -0.3 is 15.7 Å². The lowest BCUT2D eigenvalue weighted by atomic mass is 9.99. The highest BCUT2D eigenvalue weighted by molar-refractivity contribution is 5.93. The molecule has 0 radical (unpaired) electrons. The Morgan fingerprint density at radius 2 is 1.78 bits per heavy atom. The van der Waals surface area contributed by atoms with E-state index in [2.05, 4.69) is 10.6 Å². The molecule has 3 atom stereocenters. The summed E-state index contributed by atoms with van der Waals surface area (Å²) < 4.78 is 38.8. The number of amides is 2. The number of carbonyl (C=O) groups excluding carboxylic acids is 2. The highest BCUT2D eigenvalue weighted by Crippen LogP contribution is 2.37. The van der Waals surface area contributed by atoms with Crippen LogP contribution in [0.15, 0.2) is 54.6 Å². The monoisotopic (exact) mass is 449 g/mol. The fraction of sp³-hybridized carbons (Fsp3) is 0.318. The van der Waals surface area contributed by atoms with E-state index in [0.29, 0.717) is 5.56 Å². The van der Waals surface area contributed by atoms with Gasteiger partial charge in [-0.1, -0.05) is 36.4 Å². The molecule has 2 aromatic carbocycles. The van der Waals surface area contributed by atoms with Gasteiger partial charge in [0, 0.05) is 12.6 Å². The summed E-state index contributed by atoms with van der Waals surface area (Å²) in [7, 11) is 0. The van der Waals surface area contributed by atoms with Crippen LogP contribution in [0.4, 0.5) is 18.9 Å². The van der Waals surface area contributed by atoms with E-state index in [9.17, 15) is 32.7 Å². The van der Waals surface area contributed by atoms with Crippen LogP contribution in [0.3, 0.4) is 0 Å². The topological polar surface area (TPSA) is 98.7 Å². The Hall–Kier alpha value is -3.40. The lowest BCUT2D eigenvalue weighted by Crippen LogP contribution is -2.44. The molecule has 1 aliphatic heterocycles. The summed E-state index contributed by atoms with van der Waals surface area (Å²) in [4.78, 5) is 37.7. The van der Waals surface area contributed by atoms with Gasteiger partial charge >= 0.3 is 12.1 Å². The molecule has 0 saturated carbocycles. The Labute approximate surface area is 182 Å². The number of rotatable bonds is 6. The highest BCUT2D eigenvalue weighted by Gasteiger charge is 2.46. The number of aliphatic carboxylic acids is 1. The average molecular weight is 449 g/mol. The maximum atomic E-state index is 12.9. The number of likely N-dealkylation sites (tertiary alicyclic amines) is 1. The van der Waals surface area contributed by atoms with E-state index in [1.807, 2.05) is 0 Å². The van der Waals surface area contributed by atoms with Crippen molar-refractivity contribution in [1.29, 1.82) is 0 Å². The minimum absolute atomic E-state index is 0.0504. The molecule has 32 heavy (non-hydrogen) atoms. The maximum absolute atomic E-state index is 12.9. The quantitative estimate of drug-likeness (QED) is 0.630. The molecule has 3 rings (SSSR count). The first-order chi connectivity index (χ1) is 15.1. The number of nitrogens with zero attached hydrogens (tertiary/aromatic N) is 1. The van der Waals surface area contributed by atoms with Crippen LogP contribution in [0.5, 0.6) is 0 Å². The Bertz CT molecular complexity index is 997. The second kappa shape index (κ2) is 9.39. The van der Waals surface area contributed by atoms with Crippen molar-refractivity contribution in [3.8, 4) is 0 Å². The lowest BCUT2D eigenvalue weighted by Gasteiger charge is -2.30. The molecule has 1 fully saturated rings. The molecule has 1 saturated heterocycles. The van der Waals surface area contributed by atoms with E-state index in [-0.39, 0.29) is 24.6 Å². The molecule has 0 spiro atoms. The number of hydrogen-bond acceptors (Lipinski definition) is 4. The predicted octanol–water partition coefficient (Wildman–Crippen LogP) is 3.05. The minimum Gasteiger partial charge on any atom is -0.480 e. The second-order valence-corrected chi connectivity index (χ2v) is 7.55. The Morgan fingerprint density at radius 3 is 2.38 bits per heavy atom. The van der Waals surface area contributed by atoms with Gasteiger partial charge in [0.15, 0.2) is 0 Å². The fourth-order valence-electron chi connectivity index (χ4n) is 3.99. The van der Waals surface area contributed by atoms with Crippen molar-refractivity contribution in [2.45, 2.75) is 37.6 Å². The average Bonchev–Trinajstić information content (AvgIpc) is 3.05. The third kappa shape index (κ3) is 5.44. The Kier molecular flexibility index (Phi) is 6.83. The summed E-state index contributed by atoms with van der Waals surface area (Å²) in [6, 6.07) is 10.8. The molecule has 0 aromatic heterocycles. The number of halogens is 3. The van der Waals surface area contributed by atoms with Crippen LogP contribution in [-0.2, 0) is 20.6 Å². The SMILES string of the molecule is CC(=O)N[C@H]1C[C@@H](C(=O)O)N(CC(=O)Nc2cccc(C(F)(F)F)c2)[C@H]1c1ccccc1. The molecule has 7 nitrogen and oxygen atoms in total. The number of hydrogen-bond donors (Lipinski definition) is 3. The Morgan fingerprint density at radius 1 is 1.09 bits per heavy atom. The van der Waals surface area contributed by atoms with Crippen LogP contribution in [0, 0.1) is 0 Å². The van der Waals surface area contributed by atoms with Gasteiger partial charge in [-0.2, -0.15) is 13.2 Å². The summed E-state index contributed by atoms with van der Waals surface area (Å²) >= 11 is 0. The van der Waals surface area contributed by atoms with Crippen molar-refractivity contribution >= 4 is 23.5 Å². The number of carbonyl (C=O) groups is 3. The van der Waals surface area contributed by atoms with Gasteiger partial charge in [0.25, 0.3) is 0 Å². The van der Waals surface area contributed by atoms with Crippen LogP contribution in [0.1, 0.15) is 30.5 Å². The van der Waals surface area contributed by atoms with Crippen molar-refractivity contribution in [1.82, 2.24) is 10.2 Å². The number of nitrogens with one attached hydrogen (secondary N) is 2. The van der Waals surface area contributed by atoms with E-state index in [1.54, 1.807) is 30.3 Å². The summed E-state index contributed by atoms with van der Waals surface area (Å²) in [5, 5.41) is 14.9. The summed E-state index contributed by atoms with van der Waals surface area (Å²) in [5.74, 6) is -2.17. The smallest absolute Gasteiger partial charge is 0.416 e. The van der Waals surface area contributed by atoms with Gasteiger partial charge in [-0.05, 0) is 30.2 Å². The zero-order valence-corrected chi connectivity index (χ0v) is 17.1. The number of carboxylic acids is 1. The molecular weight excluding hydrogens is 427 g/mol. The van der Waals surface area contributed by atoms with E-state index in [0.717, 1.165) is 12.1 Å². The number of carboxylic acid groups (broad SMARTS) is 1. The van der Waals surface area contributed by atoms with Crippen LogP contribution in [0.2, 0.25) is 0 Å². The predicted molar refractivity (Wildman–Crippen MR) is 110 cm³/mol. The second-order valence-electron chi connectivity index (χ2n) is 7.55. The summed E-state index contributed by atoms with van der Waals surface area (Å²) in [5.41, 5.74) is -0.250. The first-order valence-corrected chi connectivity index (χ1v) is 9.84. The maximum Gasteiger partial charge on any atom is 0.416 e. The van der Waals surface area contributed by atoms with E-state index >= 15 is 0 Å². The van der Waals surface area contributed by atoms with Crippen molar-refractivity contribution in [3.05, 3.63) is 65.7 Å².